The predicted molar refractivity (Wildman–Crippen MR) is 110 cm³/mol. The van der Waals surface area contributed by atoms with Gasteiger partial charge in [-0.3, -0.25) is 0 Å². The number of nitrogens with two attached hydrogens (primary N) is 1. The maximum atomic E-state index is 12.3. The SMILES string of the molecule is Cc1ccc2c(C3C(C#N)=C(N)Oc4cc5ccccc5cc43)cc(=O)oc2c1. The number of nitriles is 1. The number of ether oxygens (including phenoxy) is 1. The number of rotatable bonds is 1. The van der Waals surface area contributed by atoms with Gasteiger partial charge >= 0.3 is 5.63 Å². The normalized spacial score (nSPS) is 15.8. The molecule has 4 aromatic rings. The second-order valence-corrected chi connectivity index (χ2v) is 7.18. The minimum absolute atomic E-state index is 0.0498. The van der Waals surface area contributed by atoms with Gasteiger partial charge in [0, 0.05) is 17.0 Å². The monoisotopic (exact) mass is 380 g/mol. The molecule has 1 aromatic heterocycles. The molecule has 5 nitrogen and oxygen atoms in total. The van der Waals surface area contributed by atoms with Gasteiger partial charge in [0.2, 0.25) is 5.88 Å². The molecule has 0 saturated heterocycles. The van der Waals surface area contributed by atoms with Gasteiger partial charge in [0.25, 0.3) is 0 Å². The molecule has 5 rings (SSSR count). The van der Waals surface area contributed by atoms with Gasteiger partial charge in [0.1, 0.15) is 23.0 Å². The summed E-state index contributed by atoms with van der Waals surface area (Å²) in [6.07, 6.45) is 0. The topological polar surface area (TPSA) is 89.3 Å². The summed E-state index contributed by atoms with van der Waals surface area (Å²) >= 11 is 0. The molecule has 29 heavy (non-hydrogen) atoms. The van der Waals surface area contributed by atoms with E-state index >= 15 is 0 Å². The molecule has 2 N–H and O–H groups in total. The Balaban J connectivity index is 1.87. The van der Waals surface area contributed by atoms with Crippen LogP contribution in [0.1, 0.15) is 22.6 Å². The van der Waals surface area contributed by atoms with Crippen molar-refractivity contribution >= 4 is 21.7 Å². The molecule has 0 spiro atoms. The van der Waals surface area contributed by atoms with E-state index in [1.165, 1.54) is 6.07 Å². The Labute approximate surface area is 166 Å². The number of hydrogen-bond acceptors (Lipinski definition) is 5. The van der Waals surface area contributed by atoms with E-state index in [9.17, 15) is 10.1 Å². The van der Waals surface area contributed by atoms with Crippen LogP contribution in [0.5, 0.6) is 5.75 Å². The van der Waals surface area contributed by atoms with E-state index < -0.39 is 11.5 Å². The van der Waals surface area contributed by atoms with Crippen molar-refractivity contribution in [3.8, 4) is 11.8 Å². The molecular formula is C24H16N2O3. The molecule has 3 aromatic carbocycles. The zero-order chi connectivity index (χ0) is 20.1. The number of fused-ring (bicyclic) bond motifs is 3. The fourth-order valence-electron chi connectivity index (χ4n) is 4.00. The highest BCUT2D eigenvalue weighted by molar-refractivity contribution is 5.88. The van der Waals surface area contributed by atoms with Crippen molar-refractivity contribution in [1.29, 1.82) is 5.26 Å². The Kier molecular flexibility index (Phi) is 3.68. The summed E-state index contributed by atoms with van der Waals surface area (Å²) in [7, 11) is 0. The van der Waals surface area contributed by atoms with E-state index in [2.05, 4.69) is 6.07 Å². The van der Waals surface area contributed by atoms with Crippen LogP contribution in [0.3, 0.4) is 0 Å². The third kappa shape index (κ3) is 2.66. The van der Waals surface area contributed by atoms with Gasteiger partial charge in [-0.25, -0.2) is 4.79 Å². The lowest BCUT2D eigenvalue weighted by molar-refractivity contribution is 0.394. The van der Waals surface area contributed by atoms with Crippen molar-refractivity contribution in [2.24, 2.45) is 5.73 Å². The highest BCUT2D eigenvalue weighted by Gasteiger charge is 2.32. The molecule has 0 amide bonds. The summed E-state index contributed by atoms with van der Waals surface area (Å²) in [5.74, 6) is 0.107. The minimum Gasteiger partial charge on any atom is -0.440 e. The molecule has 0 radical (unpaired) electrons. The van der Waals surface area contributed by atoms with Gasteiger partial charge in [0.05, 0.1) is 5.92 Å². The number of allylic oxidation sites excluding steroid dienone is 1. The van der Waals surface area contributed by atoms with Crippen LogP contribution in [-0.4, -0.2) is 0 Å². The third-order valence-electron chi connectivity index (χ3n) is 5.33. The van der Waals surface area contributed by atoms with Crippen LogP contribution in [0, 0.1) is 18.3 Å². The second kappa shape index (κ2) is 6.25. The van der Waals surface area contributed by atoms with Crippen molar-refractivity contribution in [3.63, 3.8) is 0 Å². The highest BCUT2D eigenvalue weighted by atomic mass is 16.5. The predicted octanol–water partition coefficient (Wildman–Crippen LogP) is 4.47. The fraction of sp³-hybridized carbons (Fsp3) is 0.0833. The van der Waals surface area contributed by atoms with Crippen LogP contribution in [0.15, 0.2) is 81.3 Å². The van der Waals surface area contributed by atoms with Crippen LogP contribution in [-0.2, 0) is 0 Å². The third-order valence-corrected chi connectivity index (χ3v) is 5.33. The van der Waals surface area contributed by atoms with E-state index in [0.717, 1.165) is 27.3 Å². The zero-order valence-corrected chi connectivity index (χ0v) is 15.6. The van der Waals surface area contributed by atoms with Crippen molar-refractivity contribution in [2.45, 2.75) is 12.8 Å². The zero-order valence-electron chi connectivity index (χ0n) is 15.6. The van der Waals surface area contributed by atoms with Crippen LogP contribution < -0.4 is 16.1 Å². The van der Waals surface area contributed by atoms with Gasteiger partial charge in [-0.05, 0) is 47.0 Å². The summed E-state index contributed by atoms with van der Waals surface area (Å²) in [6, 6.07) is 21.1. The number of nitrogens with zero attached hydrogens (tertiary/aromatic N) is 1. The molecule has 0 bridgehead atoms. The minimum atomic E-state index is -0.525. The van der Waals surface area contributed by atoms with Crippen LogP contribution in [0.25, 0.3) is 21.7 Å². The van der Waals surface area contributed by atoms with Gasteiger partial charge in [0.15, 0.2) is 0 Å². The number of hydrogen-bond donors (Lipinski definition) is 1. The largest absolute Gasteiger partial charge is 0.440 e. The summed E-state index contributed by atoms with van der Waals surface area (Å²) in [5, 5.41) is 12.6. The molecule has 0 aliphatic carbocycles. The smallest absolute Gasteiger partial charge is 0.336 e. The first-order valence-corrected chi connectivity index (χ1v) is 9.20. The lowest BCUT2D eigenvalue weighted by Crippen LogP contribution is -2.22. The maximum absolute atomic E-state index is 12.3. The van der Waals surface area contributed by atoms with Crippen molar-refractivity contribution in [1.82, 2.24) is 0 Å². The second-order valence-electron chi connectivity index (χ2n) is 7.18. The van der Waals surface area contributed by atoms with Crippen LogP contribution >= 0.6 is 0 Å². The maximum Gasteiger partial charge on any atom is 0.336 e. The molecule has 5 heteroatoms. The lowest BCUT2D eigenvalue weighted by atomic mass is 9.81. The molecule has 1 aliphatic heterocycles. The Bertz CT molecular complexity index is 1440. The molecular weight excluding hydrogens is 364 g/mol. The van der Waals surface area contributed by atoms with Crippen molar-refractivity contribution < 1.29 is 9.15 Å². The molecule has 2 heterocycles. The molecule has 1 aliphatic rings. The van der Waals surface area contributed by atoms with E-state index in [-0.39, 0.29) is 11.5 Å². The standard InChI is InChI=1S/C24H16N2O3/c1-13-6-7-16-17(11-22(27)28-20(16)8-13)23-18-9-14-4-2-3-5-15(14)10-21(18)29-24(26)19(23)12-25/h2-11,23H,26H2,1H3. The molecule has 0 fully saturated rings. The van der Waals surface area contributed by atoms with Crippen molar-refractivity contribution in [2.75, 3.05) is 0 Å². The lowest BCUT2D eigenvalue weighted by Gasteiger charge is -2.27. The Morgan fingerprint density at radius 2 is 1.76 bits per heavy atom. The van der Waals surface area contributed by atoms with Crippen LogP contribution in [0.2, 0.25) is 0 Å². The summed E-state index contributed by atoms with van der Waals surface area (Å²) in [4.78, 5) is 12.3. The average molecular weight is 380 g/mol. The average Bonchev–Trinajstić information content (AvgIpc) is 2.70. The fourth-order valence-corrected chi connectivity index (χ4v) is 4.00. The quantitative estimate of drug-likeness (QED) is 0.492. The first-order valence-electron chi connectivity index (χ1n) is 9.20. The van der Waals surface area contributed by atoms with E-state index in [4.69, 9.17) is 14.9 Å². The summed E-state index contributed by atoms with van der Waals surface area (Å²) in [6.45, 7) is 1.93. The first kappa shape index (κ1) is 17.1. The Morgan fingerprint density at radius 1 is 1.00 bits per heavy atom. The van der Waals surface area contributed by atoms with E-state index in [1.807, 2.05) is 61.5 Å². The summed E-state index contributed by atoms with van der Waals surface area (Å²) < 4.78 is 11.2. The Hall–Kier alpha value is -4.04. The van der Waals surface area contributed by atoms with Gasteiger partial charge in [-0.2, -0.15) is 5.26 Å². The summed E-state index contributed by atoms with van der Waals surface area (Å²) in [5.41, 5.74) is 8.86. The van der Waals surface area contributed by atoms with E-state index in [1.54, 1.807) is 0 Å². The van der Waals surface area contributed by atoms with E-state index in [0.29, 0.717) is 16.9 Å². The Morgan fingerprint density at radius 3 is 2.52 bits per heavy atom. The van der Waals surface area contributed by atoms with Crippen molar-refractivity contribution in [3.05, 3.63) is 99.2 Å². The number of aryl methyl sites for hydroxylation is 1. The van der Waals surface area contributed by atoms with Gasteiger partial charge in [-0.1, -0.05) is 36.4 Å². The number of benzene rings is 3. The molecule has 1 atom stereocenters. The molecule has 1 unspecified atom stereocenters. The molecule has 0 saturated carbocycles. The van der Waals surface area contributed by atoms with Gasteiger partial charge in [-0.15, -0.1) is 0 Å². The molecule has 140 valence electrons. The van der Waals surface area contributed by atoms with Gasteiger partial charge < -0.3 is 14.9 Å². The van der Waals surface area contributed by atoms with Crippen LogP contribution in [0.4, 0.5) is 0 Å². The first-order chi connectivity index (χ1) is 14.0. The highest BCUT2D eigenvalue weighted by Crippen LogP contribution is 2.45.